The van der Waals surface area contributed by atoms with E-state index < -0.39 is 0 Å². The molecule has 3 heterocycles. The molecular weight excluding hydrogens is 399 g/mol. The molecule has 0 radical (unpaired) electrons. The molecular formula is C23H24FN4O3+. The van der Waals surface area contributed by atoms with Gasteiger partial charge in [0.15, 0.2) is 11.5 Å². The summed E-state index contributed by atoms with van der Waals surface area (Å²) in [6, 6.07) is 14.0. The van der Waals surface area contributed by atoms with Crippen LogP contribution in [0.2, 0.25) is 0 Å². The Labute approximate surface area is 179 Å². The molecule has 1 aromatic heterocycles. The number of ether oxygens (including phenoxy) is 2. The number of aromatic nitrogens is 2. The number of fused-ring (bicyclic) bond motifs is 1. The number of piperazine rings is 1. The first-order valence-corrected chi connectivity index (χ1v) is 10.4. The van der Waals surface area contributed by atoms with E-state index in [0.717, 1.165) is 36.7 Å². The van der Waals surface area contributed by atoms with Crippen molar-refractivity contribution in [2.45, 2.75) is 6.54 Å². The Balaban J connectivity index is 1.21. The van der Waals surface area contributed by atoms with Crippen LogP contribution in [0.25, 0.3) is 11.3 Å². The molecule has 0 bridgehead atoms. The maximum Gasteiger partial charge on any atom is 0.272 e. The van der Waals surface area contributed by atoms with Gasteiger partial charge in [-0.3, -0.25) is 9.48 Å². The van der Waals surface area contributed by atoms with Crippen LogP contribution in [-0.4, -0.2) is 53.6 Å². The second-order valence-corrected chi connectivity index (χ2v) is 7.95. The highest BCUT2D eigenvalue weighted by molar-refractivity contribution is 5.93. The zero-order valence-corrected chi connectivity index (χ0v) is 17.3. The number of halogens is 1. The van der Waals surface area contributed by atoms with Gasteiger partial charge in [0.2, 0.25) is 6.79 Å². The Hall–Kier alpha value is -3.39. The van der Waals surface area contributed by atoms with E-state index in [2.05, 4.69) is 11.2 Å². The SMILES string of the molecule is Cn1nc(-c2ccc(F)cc2)cc1C(=O)N1CC[NH+](Cc2ccc3c(c2)OCO3)CC1. The zero-order valence-electron chi connectivity index (χ0n) is 17.3. The average Bonchev–Trinajstić information content (AvgIpc) is 3.40. The summed E-state index contributed by atoms with van der Waals surface area (Å²) in [5.41, 5.74) is 3.19. The van der Waals surface area contributed by atoms with E-state index in [0.29, 0.717) is 24.5 Å². The van der Waals surface area contributed by atoms with Crippen molar-refractivity contribution in [1.82, 2.24) is 14.7 Å². The lowest BCUT2D eigenvalue weighted by molar-refractivity contribution is -0.917. The molecule has 5 rings (SSSR count). The normalized spacial score (nSPS) is 16.0. The third-order valence-electron chi connectivity index (χ3n) is 5.89. The van der Waals surface area contributed by atoms with Crippen LogP contribution in [0.3, 0.4) is 0 Å². The molecule has 31 heavy (non-hydrogen) atoms. The lowest BCUT2D eigenvalue weighted by Gasteiger charge is -2.32. The van der Waals surface area contributed by atoms with E-state index in [4.69, 9.17) is 9.47 Å². The number of carbonyl (C=O) groups is 1. The Morgan fingerprint density at radius 2 is 1.81 bits per heavy atom. The average molecular weight is 423 g/mol. The van der Waals surface area contributed by atoms with Crippen molar-refractivity contribution in [1.29, 1.82) is 0 Å². The highest BCUT2D eigenvalue weighted by atomic mass is 19.1. The maximum atomic E-state index is 13.2. The molecule has 2 aromatic carbocycles. The number of nitrogens with one attached hydrogen (secondary N) is 1. The molecule has 1 fully saturated rings. The van der Waals surface area contributed by atoms with Crippen molar-refractivity contribution in [3.8, 4) is 22.8 Å². The number of carbonyl (C=O) groups excluding carboxylic acids is 1. The summed E-state index contributed by atoms with van der Waals surface area (Å²) in [4.78, 5) is 16.4. The second kappa shape index (κ2) is 8.03. The summed E-state index contributed by atoms with van der Waals surface area (Å²) in [5.74, 6) is 1.28. The minimum Gasteiger partial charge on any atom is -0.454 e. The van der Waals surface area contributed by atoms with Gasteiger partial charge in [-0.05, 0) is 48.5 Å². The van der Waals surface area contributed by atoms with Gasteiger partial charge in [-0.25, -0.2) is 4.39 Å². The number of aryl methyl sites for hydroxylation is 1. The largest absolute Gasteiger partial charge is 0.454 e. The number of hydrogen-bond donors (Lipinski definition) is 1. The van der Waals surface area contributed by atoms with Gasteiger partial charge >= 0.3 is 0 Å². The van der Waals surface area contributed by atoms with Crippen molar-refractivity contribution in [3.63, 3.8) is 0 Å². The molecule has 0 aliphatic carbocycles. The van der Waals surface area contributed by atoms with Gasteiger partial charge < -0.3 is 19.3 Å². The molecule has 160 valence electrons. The van der Waals surface area contributed by atoms with Crippen LogP contribution in [0, 0.1) is 5.82 Å². The molecule has 2 aliphatic heterocycles. The molecule has 0 saturated carbocycles. The van der Waals surface area contributed by atoms with Crippen LogP contribution in [0.15, 0.2) is 48.5 Å². The number of quaternary nitrogens is 1. The van der Waals surface area contributed by atoms with Crippen molar-refractivity contribution in [2.75, 3.05) is 33.0 Å². The monoisotopic (exact) mass is 423 g/mol. The van der Waals surface area contributed by atoms with Gasteiger partial charge in [0.05, 0.1) is 31.9 Å². The molecule has 2 aliphatic rings. The van der Waals surface area contributed by atoms with Crippen LogP contribution < -0.4 is 14.4 Å². The summed E-state index contributed by atoms with van der Waals surface area (Å²) >= 11 is 0. The van der Waals surface area contributed by atoms with Crippen molar-refractivity contribution in [3.05, 3.63) is 65.6 Å². The van der Waals surface area contributed by atoms with Crippen molar-refractivity contribution in [2.24, 2.45) is 7.05 Å². The van der Waals surface area contributed by atoms with Crippen molar-refractivity contribution >= 4 is 5.91 Å². The summed E-state index contributed by atoms with van der Waals surface area (Å²) < 4.78 is 25.6. The molecule has 1 N–H and O–H groups in total. The molecule has 8 heteroatoms. The van der Waals surface area contributed by atoms with Gasteiger partial charge in [0.1, 0.15) is 18.1 Å². The highest BCUT2D eigenvalue weighted by Gasteiger charge is 2.27. The number of benzene rings is 2. The van der Waals surface area contributed by atoms with Crippen LogP contribution in [0.4, 0.5) is 4.39 Å². The predicted octanol–water partition coefficient (Wildman–Crippen LogP) is 1.50. The van der Waals surface area contributed by atoms with E-state index in [1.807, 2.05) is 17.0 Å². The first kappa shape index (κ1) is 19.6. The Morgan fingerprint density at radius 3 is 2.58 bits per heavy atom. The fraction of sp³-hybridized carbons (Fsp3) is 0.304. The third-order valence-corrected chi connectivity index (χ3v) is 5.89. The van der Waals surface area contributed by atoms with E-state index >= 15 is 0 Å². The van der Waals surface area contributed by atoms with Gasteiger partial charge in [-0.1, -0.05) is 0 Å². The standard InChI is InChI=1S/C23H23FN4O3/c1-26-20(13-19(25-26)17-3-5-18(24)6-4-17)23(29)28-10-8-27(9-11-28)14-16-2-7-21-22(12-16)31-15-30-21/h2-7,12-13H,8-11,14-15H2,1H3/p+1. The molecule has 1 amide bonds. The Bertz CT molecular complexity index is 1100. The number of hydrogen-bond acceptors (Lipinski definition) is 4. The van der Waals surface area contributed by atoms with E-state index in [1.54, 1.807) is 29.9 Å². The fourth-order valence-corrected chi connectivity index (χ4v) is 4.13. The second-order valence-electron chi connectivity index (χ2n) is 7.95. The molecule has 0 unspecified atom stereocenters. The quantitative estimate of drug-likeness (QED) is 0.691. The van der Waals surface area contributed by atoms with E-state index in [-0.39, 0.29) is 18.5 Å². The Kier molecular flexibility index (Phi) is 5.07. The van der Waals surface area contributed by atoms with Crippen LogP contribution >= 0.6 is 0 Å². The van der Waals surface area contributed by atoms with E-state index in [1.165, 1.54) is 22.6 Å². The zero-order chi connectivity index (χ0) is 21.4. The summed E-state index contributed by atoms with van der Waals surface area (Å²) in [5, 5.41) is 4.45. The van der Waals surface area contributed by atoms with E-state index in [9.17, 15) is 9.18 Å². The summed E-state index contributed by atoms with van der Waals surface area (Å²) in [6.07, 6.45) is 0. The number of rotatable bonds is 4. The molecule has 0 spiro atoms. The highest BCUT2D eigenvalue weighted by Crippen LogP contribution is 2.32. The number of amides is 1. The lowest BCUT2D eigenvalue weighted by atomic mass is 10.1. The van der Waals surface area contributed by atoms with Crippen LogP contribution in [0.1, 0.15) is 16.1 Å². The smallest absolute Gasteiger partial charge is 0.272 e. The molecule has 7 nitrogen and oxygen atoms in total. The lowest BCUT2D eigenvalue weighted by Crippen LogP contribution is -3.13. The van der Waals surface area contributed by atoms with Gasteiger partial charge in [0, 0.05) is 18.2 Å². The first-order valence-electron chi connectivity index (χ1n) is 10.4. The summed E-state index contributed by atoms with van der Waals surface area (Å²) in [7, 11) is 1.77. The molecule has 0 atom stereocenters. The van der Waals surface area contributed by atoms with Crippen molar-refractivity contribution < 1.29 is 23.6 Å². The van der Waals surface area contributed by atoms with Crippen LogP contribution in [0.5, 0.6) is 11.5 Å². The summed E-state index contributed by atoms with van der Waals surface area (Å²) in [6.45, 7) is 4.31. The minimum atomic E-state index is -0.294. The molecule has 1 saturated heterocycles. The maximum absolute atomic E-state index is 13.2. The first-order chi connectivity index (χ1) is 15.1. The topological polar surface area (TPSA) is 61.0 Å². The predicted molar refractivity (Wildman–Crippen MR) is 111 cm³/mol. The fourth-order valence-electron chi connectivity index (χ4n) is 4.13. The molecule has 3 aromatic rings. The van der Waals surface area contributed by atoms with Gasteiger partial charge in [0.25, 0.3) is 5.91 Å². The van der Waals surface area contributed by atoms with Gasteiger partial charge in [-0.15, -0.1) is 0 Å². The third kappa shape index (κ3) is 3.98. The van der Waals surface area contributed by atoms with Crippen LogP contribution in [-0.2, 0) is 13.6 Å². The Morgan fingerprint density at radius 1 is 1.06 bits per heavy atom. The number of nitrogens with zero attached hydrogens (tertiary/aromatic N) is 3. The van der Waals surface area contributed by atoms with Gasteiger partial charge in [-0.2, -0.15) is 5.10 Å². The minimum absolute atomic E-state index is 0.0227.